The minimum atomic E-state index is -0.725. The van der Waals surface area contributed by atoms with Crippen LogP contribution in [0.5, 0.6) is 0 Å². The van der Waals surface area contributed by atoms with Crippen LogP contribution in [-0.4, -0.2) is 29.3 Å². The number of benzene rings is 3. The van der Waals surface area contributed by atoms with Crippen LogP contribution in [0.4, 0.5) is 5.69 Å². The Labute approximate surface area is 212 Å². The van der Waals surface area contributed by atoms with E-state index < -0.39 is 11.4 Å². The van der Waals surface area contributed by atoms with Crippen molar-refractivity contribution in [1.82, 2.24) is 5.16 Å². The van der Waals surface area contributed by atoms with Gasteiger partial charge in [-0.2, -0.15) is 0 Å². The number of aliphatic carboxylic acids is 1. The van der Waals surface area contributed by atoms with Crippen molar-refractivity contribution in [1.29, 1.82) is 0 Å². The quantitative estimate of drug-likeness (QED) is 0.282. The molecule has 0 aliphatic heterocycles. The molecule has 0 amide bonds. The summed E-state index contributed by atoms with van der Waals surface area (Å²) in [6, 6.07) is 27.1. The Morgan fingerprint density at radius 3 is 2.14 bits per heavy atom. The Kier molecular flexibility index (Phi) is 6.40. The SMILES string of the molecule is Cc1noc(-c2ccc(-c3ccc(C4(C(=O)O)CC4)cc3)cc2)c1N(C)C(C)CCc1ccccc1. The van der Waals surface area contributed by atoms with E-state index in [1.54, 1.807) is 0 Å². The molecule has 5 heteroatoms. The summed E-state index contributed by atoms with van der Waals surface area (Å²) in [7, 11) is 2.11. The van der Waals surface area contributed by atoms with Crippen molar-refractivity contribution in [2.45, 2.75) is 51.0 Å². The molecule has 1 fully saturated rings. The van der Waals surface area contributed by atoms with Crippen LogP contribution in [0.15, 0.2) is 83.4 Å². The lowest BCUT2D eigenvalue weighted by Crippen LogP contribution is -2.29. The van der Waals surface area contributed by atoms with Gasteiger partial charge in [0.2, 0.25) is 0 Å². The van der Waals surface area contributed by atoms with Crippen molar-refractivity contribution in [3.05, 3.63) is 95.7 Å². The largest absolute Gasteiger partial charge is 0.481 e. The molecule has 1 aliphatic rings. The molecule has 3 aromatic carbocycles. The van der Waals surface area contributed by atoms with Gasteiger partial charge in [-0.3, -0.25) is 4.79 Å². The van der Waals surface area contributed by atoms with E-state index in [9.17, 15) is 9.90 Å². The summed E-state index contributed by atoms with van der Waals surface area (Å²) < 4.78 is 5.80. The molecule has 184 valence electrons. The zero-order chi connectivity index (χ0) is 25.3. The van der Waals surface area contributed by atoms with Gasteiger partial charge >= 0.3 is 5.97 Å². The standard InChI is InChI=1S/C31H32N2O3/c1-21(9-10-23-7-5-4-6-8-23)33(3)28-22(2)32-36-29(28)26-13-11-24(12-14-26)25-15-17-27(18-16-25)31(19-20-31)30(34)35/h4-8,11-18,21H,9-10,19-20H2,1-3H3,(H,34,35). The highest BCUT2D eigenvalue weighted by Gasteiger charge is 2.51. The van der Waals surface area contributed by atoms with Crippen LogP contribution < -0.4 is 4.90 Å². The molecule has 1 atom stereocenters. The highest BCUT2D eigenvalue weighted by Crippen LogP contribution is 2.48. The van der Waals surface area contributed by atoms with Crippen molar-refractivity contribution in [3.63, 3.8) is 0 Å². The zero-order valence-corrected chi connectivity index (χ0v) is 21.1. The second-order valence-corrected chi connectivity index (χ2v) is 9.97. The van der Waals surface area contributed by atoms with Crippen molar-refractivity contribution in [3.8, 4) is 22.5 Å². The molecule has 5 rings (SSSR count). The van der Waals surface area contributed by atoms with Gasteiger partial charge in [0.05, 0.1) is 5.41 Å². The Hall–Kier alpha value is -3.86. The van der Waals surface area contributed by atoms with E-state index in [0.29, 0.717) is 18.9 Å². The Morgan fingerprint density at radius 2 is 1.56 bits per heavy atom. The van der Waals surface area contributed by atoms with Gasteiger partial charge in [0.15, 0.2) is 5.76 Å². The first-order valence-corrected chi connectivity index (χ1v) is 12.6. The van der Waals surface area contributed by atoms with E-state index in [0.717, 1.165) is 52.2 Å². The van der Waals surface area contributed by atoms with E-state index >= 15 is 0 Å². The molecule has 0 saturated heterocycles. The third-order valence-electron chi connectivity index (χ3n) is 7.62. The van der Waals surface area contributed by atoms with E-state index in [1.807, 2.05) is 31.2 Å². The molecule has 0 bridgehead atoms. The number of hydrogen-bond donors (Lipinski definition) is 1. The van der Waals surface area contributed by atoms with Crippen LogP contribution in [-0.2, 0) is 16.6 Å². The number of carboxylic acids is 1. The summed E-state index contributed by atoms with van der Waals surface area (Å²) in [6.07, 6.45) is 3.49. The lowest BCUT2D eigenvalue weighted by Gasteiger charge is -2.27. The number of anilines is 1. The first-order chi connectivity index (χ1) is 17.4. The summed E-state index contributed by atoms with van der Waals surface area (Å²) in [5.74, 6) is 0.0534. The van der Waals surface area contributed by atoms with E-state index in [1.165, 1.54) is 5.56 Å². The molecule has 1 saturated carbocycles. The van der Waals surface area contributed by atoms with Crippen LogP contribution >= 0.6 is 0 Å². The second kappa shape index (κ2) is 9.65. The maximum Gasteiger partial charge on any atom is 0.314 e. The smallest absolute Gasteiger partial charge is 0.314 e. The maximum atomic E-state index is 11.6. The van der Waals surface area contributed by atoms with Crippen LogP contribution in [0.3, 0.4) is 0 Å². The molecule has 1 aromatic heterocycles. The Bertz CT molecular complexity index is 1340. The number of carboxylic acid groups (broad SMARTS) is 1. The lowest BCUT2D eigenvalue weighted by molar-refractivity contribution is -0.140. The second-order valence-electron chi connectivity index (χ2n) is 9.97. The minimum absolute atomic E-state index is 0.320. The van der Waals surface area contributed by atoms with Crippen molar-refractivity contribution in [2.24, 2.45) is 0 Å². The van der Waals surface area contributed by atoms with Gasteiger partial charge in [-0.25, -0.2) is 0 Å². The van der Waals surface area contributed by atoms with E-state index in [2.05, 4.69) is 78.6 Å². The topological polar surface area (TPSA) is 66.6 Å². The van der Waals surface area contributed by atoms with Crippen LogP contribution in [0, 0.1) is 6.92 Å². The van der Waals surface area contributed by atoms with Gasteiger partial charge < -0.3 is 14.5 Å². The Balaban J connectivity index is 1.32. The maximum absolute atomic E-state index is 11.6. The summed E-state index contributed by atoms with van der Waals surface area (Å²) in [5.41, 5.74) is 6.59. The van der Waals surface area contributed by atoms with Gasteiger partial charge in [0, 0.05) is 18.7 Å². The van der Waals surface area contributed by atoms with Crippen molar-refractivity contribution in [2.75, 3.05) is 11.9 Å². The summed E-state index contributed by atoms with van der Waals surface area (Å²) in [5, 5.41) is 13.8. The normalized spacial score (nSPS) is 14.9. The lowest BCUT2D eigenvalue weighted by atomic mass is 9.93. The molecular weight excluding hydrogens is 448 g/mol. The predicted molar refractivity (Wildman–Crippen MR) is 143 cm³/mol. The number of aryl methyl sites for hydroxylation is 2. The molecule has 5 nitrogen and oxygen atoms in total. The van der Waals surface area contributed by atoms with Crippen LogP contribution in [0.1, 0.15) is 43.0 Å². The van der Waals surface area contributed by atoms with Crippen molar-refractivity contribution >= 4 is 11.7 Å². The van der Waals surface area contributed by atoms with Gasteiger partial charge in [0.25, 0.3) is 0 Å². The zero-order valence-electron chi connectivity index (χ0n) is 21.1. The average molecular weight is 481 g/mol. The molecule has 0 spiro atoms. The molecule has 4 aromatic rings. The fourth-order valence-electron chi connectivity index (χ4n) is 4.95. The van der Waals surface area contributed by atoms with E-state index in [-0.39, 0.29) is 0 Å². The molecule has 1 N–H and O–H groups in total. The Morgan fingerprint density at radius 1 is 0.972 bits per heavy atom. The monoisotopic (exact) mass is 480 g/mol. The third-order valence-corrected chi connectivity index (χ3v) is 7.62. The van der Waals surface area contributed by atoms with Crippen LogP contribution in [0.2, 0.25) is 0 Å². The fourth-order valence-corrected chi connectivity index (χ4v) is 4.95. The average Bonchev–Trinajstić information content (AvgIpc) is 3.64. The number of nitrogens with zero attached hydrogens (tertiary/aromatic N) is 2. The molecule has 1 heterocycles. The molecule has 0 radical (unpaired) electrons. The summed E-state index contributed by atoms with van der Waals surface area (Å²) in [4.78, 5) is 13.9. The first-order valence-electron chi connectivity index (χ1n) is 12.6. The number of aromatic nitrogens is 1. The van der Waals surface area contributed by atoms with Gasteiger partial charge in [0.1, 0.15) is 11.4 Å². The highest BCUT2D eigenvalue weighted by molar-refractivity contribution is 5.85. The number of rotatable bonds is 9. The minimum Gasteiger partial charge on any atom is -0.481 e. The fraction of sp³-hybridized carbons (Fsp3) is 0.290. The number of carbonyl (C=O) groups is 1. The van der Waals surface area contributed by atoms with Gasteiger partial charge in [-0.1, -0.05) is 84.0 Å². The first kappa shape index (κ1) is 23.9. The summed E-state index contributed by atoms with van der Waals surface area (Å²) >= 11 is 0. The molecular formula is C31H32N2O3. The molecule has 1 aliphatic carbocycles. The van der Waals surface area contributed by atoms with E-state index in [4.69, 9.17) is 4.52 Å². The number of hydrogen-bond acceptors (Lipinski definition) is 4. The predicted octanol–water partition coefficient (Wildman–Crippen LogP) is 6.89. The molecule has 1 unspecified atom stereocenters. The third kappa shape index (κ3) is 4.53. The summed E-state index contributed by atoms with van der Waals surface area (Å²) in [6.45, 7) is 4.23. The highest BCUT2D eigenvalue weighted by atomic mass is 16.5. The van der Waals surface area contributed by atoms with Crippen molar-refractivity contribution < 1.29 is 14.4 Å². The van der Waals surface area contributed by atoms with Gasteiger partial charge in [-0.15, -0.1) is 0 Å². The molecule has 36 heavy (non-hydrogen) atoms. The van der Waals surface area contributed by atoms with Crippen LogP contribution in [0.25, 0.3) is 22.5 Å². The van der Waals surface area contributed by atoms with Gasteiger partial charge in [-0.05, 0) is 61.8 Å².